The number of benzene rings is 3. The highest BCUT2D eigenvalue weighted by atomic mass is 16.5. The monoisotopic (exact) mass is 931 g/mol. The van der Waals surface area contributed by atoms with Crippen molar-refractivity contribution < 1.29 is 38.2 Å². The van der Waals surface area contributed by atoms with Crippen molar-refractivity contribution in [2.75, 3.05) is 53.0 Å². The van der Waals surface area contributed by atoms with Crippen LogP contribution < -0.4 is 47.9 Å². The van der Waals surface area contributed by atoms with Crippen molar-refractivity contribution in [2.24, 2.45) is 17.2 Å². The number of likely N-dealkylation sites (N-methyl/N-ethyl adjacent to an activating group) is 1. The van der Waals surface area contributed by atoms with E-state index in [0.717, 1.165) is 23.1 Å². The summed E-state index contributed by atoms with van der Waals surface area (Å²) in [5, 5.41) is 20.0. The van der Waals surface area contributed by atoms with Crippen LogP contribution in [0.1, 0.15) is 77.2 Å². The number of amides is 5. The zero-order valence-corrected chi connectivity index (χ0v) is 39.4. The van der Waals surface area contributed by atoms with Gasteiger partial charge in [-0.05, 0) is 107 Å². The smallest absolute Gasteiger partial charge is 0.255 e. The molecule has 68 heavy (non-hydrogen) atoms. The van der Waals surface area contributed by atoms with E-state index in [-0.39, 0.29) is 57.8 Å². The van der Waals surface area contributed by atoms with Gasteiger partial charge >= 0.3 is 0 Å². The molecule has 1 aromatic heterocycles. The van der Waals surface area contributed by atoms with Crippen molar-refractivity contribution in [3.8, 4) is 40.1 Å². The Kier molecular flexibility index (Phi) is 16.5. The van der Waals surface area contributed by atoms with E-state index in [0.29, 0.717) is 57.6 Å². The van der Waals surface area contributed by atoms with Gasteiger partial charge in [-0.2, -0.15) is 5.26 Å². The lowest BCUT2D eigenvalue weighted by molar-refractivity contribution is -0.141. The van der Waals surface area contributed by atoms with Gasteiger partial charge in [0.2, 0.25) is 23.6 Å². The average Bonchev–Trinajstić information content (AvgIpc) is 3.30. The minimum absolute atomic E-state index is 0.000610. The molecule has 4 aromatic rings. The number of carbonyl (C=O) groups excluding carboxylic acids is 5. The molecule has 0 saturated carbocycles. The maximum atomic E-state index is 14.8. The topological polar surface area (TPSA) is 292 Å². The number of nitrogens with two attached hydrogens (primary N) is 3. The van der Waals surface area contributed by atoms with Crippen molar-refractivity contribution in [3.63, 3.8) is 0 Å². The lowest BCUT2D eigenvalue weighted by Gasteiger charge is -2.33. The molecule has 0 radical (unpaired) electrons. The Morgan fingerprint density at radius 3 is 2.24 bits per heavy atom. The highest BCUT2D eigenvalue weighted by Gasteiger charge is 2.37. The van der Waals surface area contributed by atoms with E-state index < -0.39 is 59.3 Å². The molecule has 0 spiro atoms. The van der Waals surface area contributed by atoms with Crippen molar-refractivity contribution in [1.82, 2.24) is 36.1 Å². The minimum Gasteiger partial charge on any atom is -0.492 e. The number of hydrogen-bond acceptors (Lipinski definition) is 14. The van der Waals surface area contributed by atoms with Crippen molar-refractivity contribution >= 4 is 29.5 Å². The Bertz CT molecular complexity index is 2570. The normalized spacial score (nSPS) is 18.0. The lowest BCUT2D eigenvalue weighted by Crippen LogP contribution is -2.56. The van der Waals surface area contributed by atoms with E-state index in [4.69, 9.17) is 41.4 Å². The summed E-state index contributed by atoms with van der Waals surface area (Å²) >= 11 is 0. The van der Waals surface area contributed by atoms with E-state index >= 15 is 0 Å². The summed E-state index contributed by atoms with van der Waals surface area (Å²) in [5.41, 5.74) is 23.2. The molecule has 0 fully saturated rings. The second-order valence-electron chi connectivity index (χ2n) is 17.3. The summed E-state index contributed by atoms with van der Waals surface area (Å²) in [5.74, 6) is -2.14. The maximum Gasteiger partial charge on any atom is 0.255 e. The molecule has 3 aromatic carbocycles. The Hall–Kier alpha value is -6.98. The molecule has 360 valence electrons. The third-order valence-corrected chi connectivity index (χ3v) is 12.0. The van der Waals surface area contributed by atoms with Gasteiger partial charge in [0.15, 0.2) is 5.82 Å². The molecule has 0 unspecified atom stereocenters. The van der Waals surface area contributed by atoms with Gasteiger partial charge in [-0.15, -0.1) is 0 Å². The van der Waals surface area contributed by atoms with Crippen molar-refractivity contribution in [2.45, 2.75) is 83.6 Å². The van der Waals surface area contributed by atoms with Crippen LogP contribution >= 0.6 is 0 Å². The van der Waals surface area contributed by atoms with Gasteiger partial charge in [-0.3, -0.25) is 24.0 Å². The van der Waals surface area contributed by atoms with Crippen molar-refractivity contribution in [3.05, 3.63) is 93.8 Å². The molecule has 4 bridgehead atoms. The summed E-state index contributed by atoms with van der Waals surface area (Å²) < 4.78 is 18.2. The number of nitrogens with one attached hydrogen (secondary N) is 4. The molecule has 3 heterocycles. The zero-order chi connectivity index (χ0) is 49.3. The van der Waals surface area contributed by atoms with Gasteiger partial charge in [-0.25, -0.2) is 9.97 Å². The van der Waals surface area contributed by atoms with Crippen LogP contribution in [0.2, 0.25) is 0 Å². The number of nitriles is 1. The Morgan fingerprint density at radius 1 is 0.926 bits per heavy atom. The molecule has 0 saturated heterocycles. The van der Waals surface area contributed by atoms with E-state index in [1.54, 1.807) is 50.2 Å². The summed E-state index contributed by atoms with van der Waals surface area (Å²) in [7, 11) is 1.42. The fraction of sp³-hybridized carbons (Fsp3) is 0.429. The largest absolute Gasteiger partial charge is 0.492 e. The Morgan fingerprint density at radius 2 is 1.59 bits per heavy atom. The van der Waals surface area contributed by atoms with Gasteiger partial charge in [0, 0.05) is 43.2 Å². The molecular formula is C49H61N11O8. The number of aromatic nitrogens is 2. The first-order valence-corrected chi connectivity index (χ1v) is 22.6. The first-order chi connectivity index (χ1) is 32.5. The molecule has 5 amide bonds. The van der Waals surface area contributed by atoms with E-state index in [1.807, 2.05) is 32.0 Å². The van der Waals surface area contributed by atoms with Gasteiger partial charge < -0.3 is 57.6 Å². The number of carbonyl (C=O) groups is 5. The second kappa shape index (κ2) is 22.2. The summed E-state index contributed by atoms with van der Waals surface area (Å²) in [6, 6.07) is 13.0. The van der Waals surface area contributed by atoms with Gasteiger partial charge in [0.25, 0.3) is 5.91 Å². The molecule has 6 rings (SSSR count). The van der Waals surface area contributed by atoms with Crippen LogP contribution in [-0.4, -0.2) is 116 Å². The number of ether oxygens (including phenoxy) is 3. The zero-order valence-electron chi connectivity index (χ0n) is 39.4. The van der Waals surface area contributed by atoms with Gasteiger partial charge in [-0.1, -0.05) is 24.3 Å². The fourth-order valence-corrected chi connectivity index (χ4v) is 8.55. The quantitative estimate of drug-likeness (QED) is 0.0837. The van der Waals surface area contributed by atoms with Crippen LogP contribution in [0.4, 0.5) is 0 Å². The maximum absolute atomic E-state index is 14.8. The predicted octanol–water partition coefficient (Wildman–Crippen LogP) is 1.74. The number of rotatable bonds is 15. The van der Waals surface area contributed by atoms with Gasteiger partial charge in [0.05, 0.1) is 35.2 Å². The van der Waals surface area contributed by atoms with Crippen LogP contribution in [-0.2, 0) is 42.4 Å². The third kappa shape index (κ3) is 11.4. The summed E-state index contributed by atoms with van der Waals surface area (Å²) in [4.78, 5) is 81.4. The molecule has 0 aliphatic carbocycles. The Balaban J connectivity index is 1.38. The molecule has 2 aliphatic rings. The molecule has 19 nitrogen and oxygen atoms in total. The number of aryl methyl sites for hydroxylation is 2. The lowest BCUT2D eigenvalue weighted by atomic mass is 9.88. The van der Waals surface area contributed by atoms with Crippen LogP contribution in [0.25, 0.3) is 22.5 Å². The van der Waals surface area contributed by atoms with E-state index in [2.05, 4.69) is 27.3 Å². The summed E-state index contributed by atoms with van der Waals surface area (Å²) in [6.45, 7) is 9.84. The van der Waals surface area contributed by atoms with E-state index in [9.17, 15) is 29.2 Å². The highest BCUT2D eigenvalue weighted by Crippen LogP contribution is 2.40. The number of nitrogens with zero attached hydrogens (tertiary/aromatic N) is 4. The first kappa shape index (κ1) is 50.4. The molecular weight excluding hydrogens is 871 g/mol. The standard InChI is InChI=1S/C49H61N11O8/c1-27-41(28(2)56-43(55-27)33-8-10-36-31(25-33)14-20-68-49(36,4)5)46(63)58-37(13-15-50)48(65)60(6)42-32-9-12-40(67-22-18-53)35(26-32)34-23-30(7-11-39(34)66-21-17-52)24-38(45(62)54-19-16-51)59-44(61)29(3)57-47(42)64/h7-12,23,25-26,29,37-38,42H,13-15,17-22,24,50,52-53H2,1-6H3,(H,54,62)(H,57,64)(H,58,63)(H,59,61)/t29-,37-,38-,42-/m0/s1. The molecule has 19 heteroatoms. The molecule has 4 atom stereocenters. The summed E-state index contributed by atoms with van der Waals surface area (Å²) in [6.07, 6.45) is 0.738. The molecule has 10 N–H and O–H groups in total. The van der Waals surface area contributed by atoms with Crippen molar-refractivity contribution in [1.29, 1.82) is 5.26 Å². The molecule has 2 aliphatic heterocycles. The third-order valence-electron chi connectivity index (χ3n) is 12.0. The van der Waals surface area contributed by atoms with Crippen LogP contribution in [0.5, 0.6) is 11.5 Å². The SMILES string of the molecule is Cc1nc(-c2ccc3c(c2)CCOC3(C)C)nc(C)c1C(=O)N[C@@H](CCN)C(=O)N(C)[C@@H]1C(=O)N[C@@H](C)C(=O)N[C@H](C(=O)NCC#N)Cc2ccc(OCCN)c(c2)-c2cc1ccc2OCCN. The minimum atomic E-state index is -1.41. The highest BCUT2D eigenvalue weighted by molar-refractivity contribution is 6.00. The number of fused-ring (bicyclic) bond motifs is 6. The average molecular weight is 932 g/mol. The first-order valence-electron chi connectivity index (χ1n) is 22.6. The van der Waals surface area contributed by atoms with Gasteiger partial charge in [0.1, 0.15) is 55.4 Å². The van der Waals surface area contributed by atoms with Crippen LogP contribution in [0.15, 0.2) is 54.6 Å². The number of hydrogen-bond donors (Lipinski definition) is 7. The van der Waals surface area contributed by atoms with Crippen LogP contribution in [0.3, 0.4) is 0 Å². The predicted molar refractivity (Wildman–Crippen MR) is 253 cm³/mol. The Labute approximate surface area is 395 Å². The second-order valence-corrected chi connectivity index (χ2v) is 17.3. The van der Waals surface area contributed by atoms with Crippen LogP contribution in [0, 0.1) is 25.2 Å². The fourth-order valence-electron chi connectivity index (χ4n) is 8.55. The van der Waals surface area contributed by atoms with E-state index in [1.165, 1.54) is 18.9 Å².